The highest BCUT2D eigenvalue weighted by Crippen LogP contribution is 2.42. The van der Waals surface area contributed by atoms with Crippen LogP contribution in [0.2, 0.25) is 0 Å². The zero-order valence-electron chi connectivity index (χ0n) is 20.6. The summed E-state index contributed by atoms with van der Waals surface area (Å²) in [6.07, 6.45) is 1.57. The number of nitrogens with one attached hydrogen (secondary N) is 1. The fraction of sp³-hybridized carbons (Fsp3) is 0.600. The Kier molecular flexibility index (Phi) is 7.77. The predicted octanol–water partition coefficient (Wildman–Crippen LogP) is 3.16. The molecule has 0 spiro atoms. The van der Waals surface area contributed by atoms with Crippen LogP contribution in [0.1, 0.15) is 46.1 Å². The molecule has 2 fully saturated rings. The van der Waals surface area contributed by atoms with Crippen molar-refractivity contribution in [3.8, 4) is 0 Å². The summed E-state index contributed by atoms with van der Waals surface area (Å²) >= 11 is 0. The maximum atomic E-state index is 13.6. The number of ether oxygens (including phenoxy) is 1. The van der Waals surface area contributed by atoms with Gasteiger partial charge in [0.1, 0.15) is 6.61 Å². The minimum Gasteiger partial charge on any atom is -0.445 e. The number of rotatable bonds is 6. The normalized spacial score (nSPS) is 21.6. The molecule has 0 aliphatic carbocycles. The first-order valence-electron chi connectivity index (χ1n) is 11.7. The molecule has 3 rings (SSSR count). The van der Waals surface area contributed by atoms with Crippen molar-refractivity contribution in [1.29, 1.82) is 0 Å². The second-order valence-electron chi connectivity index (χ2n) is 10.7. The lowest BCUT2D eigenvalue weighted by molar-refractivity contribution is -0.120. The highest BCUT2D eigenvalue weighted by molar-refractivity contribution is 7.89. The lowest BCUT2D eigenvalue weighted by atomic mass is 9.67. The minimum atomic E-state index is -3.57. The van der Waals surface area contributed by atoms with Crippen molar-refractivity contribution in [1.82, 2.24) is 14.5 Å². The third-order valence-corrected chi connectivity index (χ3v) is 9.18. The number of piperidine rings is 2. The maximum Gasteiger partial charge on any atom is 0.410 e. The topological polar surface area (TPSA) is 96.0 Å². The first-order chi connectivity index (χ1) is 15.9. The largest absolute Gasteiger partial charge is 0.445 e. The monoisotopic (exact) mass is 491 g/mol. The van der Waals surface area contributed by atoms with Gasteiger partial charge in [0.15, 0.2) is 0 Å². The smallest absolute Gasteiger partial charge is 0.410 e. The number of benzene rings is 1. The summed E-state index contributed by atoms with van der Waals surface area (Å²) in [7, 11) is -3.57. The van der Waals surface area contributed by atoms with Crippen molar-refractivity contribution in [2.24, 2.45) is 10.8 Å². The van der Waals surface area contributed by atoms with E-state index in [1.54, 1.807) is 9.21 Å². The predicted molar refractivity (Wildman–Crippen MR) is 131 cm³/mol. The number of hydrogen-bond donors (Lipinski definition) is 1. The van der Waals surface area contributed by atoms with Gasteiger partial charge < -0.3 is 15.0 Å². The summed E-state index contributed by atoms with van der Waals surface area (Å²) in [5.41, 5.74) is -0.0172. The fourth-order valence-corrected chi connectivity index (χ4v) is 7.59. The number of nitrogens with zero attached hydrogens (tertiary/aromatic N) is 2. The Labute approximate surface area is 203 Å². The third kappa shape index (κ3) is 5.81. The van der Waals surface area contributed by atoms with Crippen LogP contribution in [0.3, 0.4) is 0 Å². The quantitative estimate of drug-likeness (QED) is 0.617. The summed E-state index contributed by atoms with van der Waals surface area (Å²) < 4.78 is 34.1. The molecular formula is C25H37N3O5S. The molecule has 1 aromatic carbocycles. The van der Waals surface area contributed by atoms with Gasteiger partial charge in [-0.15, -0.1) is 0 Å². The molecular weight excluding hydrogens is 454 g/mol. The summed E-state index contributed by atoms with van der Waals surface area (Å²) in [5.74, 6) is -0.256. The van der Waals surface area contributed by atoms with E-state index in [2.05, 4.69) is 11.9 Å². The molecule has 1 aromatic rings. The standard InChI is InChI=1S/C25H37N3O5S/c1-6-21(29)26-22-24(2,3)17-28(18-25(22,4)5)34(31,32)20-12-14-27(15-13-20)23(30)33-16-19-10-8-7-9-11-19/h6-11,20,22H,1,12-18H2,2-5H3,(H,26,29). The van der Waals surface area contributed by atoms with Gasteiger partial charge in [0.25, 0.3) is 0 Å². The summed E-state index contributed by atoms with van der Waals surface area (Å²) in [6, 6.07) is 9.26. The minimum absolute atomic E-state index is 0.194. The zero-order chi connectivity index (χ0) is 25.1. The van der Waals surface area contributed by atoms with Crippen LogP contribution in [0.5, 0.6) is 0 Å². The van der Waals surface area contributed by atoms with Crippen molar-refractivity contribution >= 4 is 22.0 Å². The number of carbonyl (C=O) groups excluding carboxylic acids is 2. The molecule has 9 heteroatoms. The molecule has 2 aliphatic rings. The van der Waals surface area contributed by atoms with Gasteiger partial charge >= 0.3 is 6.09 Å². The highest BCUT2D eigenvalue weighted by Gasteiger charge is 2.51. The van der Waals surface area contributed by atoms with E-state index >= 15 is 0 Å². The van der Waals surface area contributed by atoms with Crippen molar-refractivity contribution in [2.45, 2.75) is 58.4 Å². The molecule has 2 amide bonds. The van der Waals surface area contributed by atoms with Gasteiger partial charge in [0.05, 0.1) is 5.25 Å². The van der Waals surface area contributed by atoms with Crippen LogP contribution in [0.15, 0.2) is 43.0 Å². The Morgan fingerprint density at radius 1 is 1.09 bits per heavy atom. The van der Waals surface area contributed by atoms with Crippen LogP contribution in [0.25, 0.3) is 0 Å². The molecule has 0 aromatic heterocycles. The number of likely N-dealkylation sites (tertiary alicyclic amines) is 1. The Hall–Kier alpha value is -2.39. The van der Waals surface area contributed by atoms with E-state index in [1.807, 2.05) is 58.0 Å². The Bertz CT molecular complexity index is 981. The van der Waals surface area contributed by atoms with E-state index < -0.39 is 32.2 Å². The van der Waals surface area contributed by atoms with E-state index in [1.165, 1.54) is 6.08 Å². The van der Waals surface area contributed by atoms with Crippen LogP contribution >= 0.6 is 0 Å². The van der Waals surface area contributed by atoms with Crippen LogP contribution in [0, 0.1) is 10.8 Å². The van der Waals surface area contributed by atoms with E-state index in [9.17, 15) is 18.0 Å². The first kappa shape index (κ1) is 26.2. The summed E-state index contributed by atoms with van der Waals surface area (Å²) in [5, 5.41) is 2.46. The molecule has 34 heavy (non-hydrogen) atoms. The Morgan fingerprint density at radius 2 is 1.65 bits per heavy atom. The van der Waals surface area contributed by atoms with Gasteiger partial charge in [-0.25, -0.2) is 17.5 Å². The van der Waals surface area contributed by atoms with Crippen molar-refractivity contribution in [3.05, 3.63) is 48.6 Å². The molecule has 0 radical (unpaired) electrons. The number of sulfonamides is 1. The van der Waals surface area contributed by atoms with Gasteiger partial charge in [-0.1, -0.05) is 64.6 Å². The molecule has 188 valence electrons. The molecule has 0 unspecified atom stereocenters. The maximum absolute atomic E-state index is 13.6. The molecule has 0 saturated carbocycles. The molecule has 8 nitrogen and oxygen atoms in total. The zero-order valence-corrected chi connectivity index (χ0v) is 21.4. The van der Waals surface area contributed by atoms with Gasteiger partial charge in [0, 0.05) is 32.2 Å². The second kappa shape index (κ2) is 10.1. The van der Waals surface area contributed by atoms with Gasteiger partial charge in [-0.05, 0) is 35.3 Å². The average Bonchev–Trinajstić information content (AvgIpc) is 2.79. The number of carbonyl (C=O) groups is 2. The van der Waals surface area contributed by atoms with Crippen LogP contribution in [-0.4, -0.2) is 67.1 Å². The fourth-order valence-electron chi connectivity index (χ4n) is 5.33. The Morgan fingerprint density at radius 3 is 2.18 bits per heavy atom. The highest BCUT2D eigenvalue weighted by atomic mass is 32.2. The first-order valence-corrected chi connectivity index (χ1v) is 13.2. The van der Waals surface area contributed by atoms with Crippen LogP contribution in [-0.2, 0) is 26.2 Å². The van der Waals surface area contributed by atoms with Crippen molar-refractivity contribution in [2.75, 3.05) is 26.2 Å². The van der Waals surface area contributed by atoms with Crippen molar-refractivity contribution < 1.29 is 22.7 Å². The van der Waals surface area contributed by atoms with E-state index in [4.69, 9.17) is 4.74 Å². The van der Waals surface area contributed by atoms with E-state index in [0.717, 1.165) is 5.56 Å². The third-order valence-electron chi connectivity index (χ3n) is 6.89. The van der Waals surface area contributed by atoms with E-state index in [-0.39, 0.29) is 18.6 Å². The SMILES string of the molecule is C=CC(=O)NC1C(C)(C)CN(S(=O)(=O)C2CCN(C(=O)OCc3ccccc3)CC2)CC1(C)C. The van der Waals surface area contributed by atoms with Crippen LogP contribution < -0.4 is 5.32 Å². The van der Waals surface area contributed by atoms with E-state index in [0.29, 0.717) is 39.0 Å². The molecule has 2 aliphatic heterocycles. The number of amides is 2. The van der Waals surface area contributed by atoms with Gasteiger partial charge in [-0.3, -0.25) is 4.79 Å². The summed E-state index contributed by atoms with van der Waals surface area (Å²) in [6.45, 7) is 13.0. The molecule has 1 N–H and O–H groups in total. The second-order valence-corrected chi connectivity index (χ2v) is 12.9. The molecule has 0 bridgehead atoms. The molecule has 2 heterocycles. The van der Waals surface area contributed by atoms with Crippen LogP contribution in [0.4, 0.5) is 4.79 Å². The number of hydrogen-bond acceptors (Lipinski definition) is 5. The summed E-state index contributed by atoms with van der Waals surface area (Å²) in [4.78, 5) is 26.0. The molecule has 0 atom stereocenters. The Balaban J connectivity index is 1.61. The van der Waals surface area contributed by atoms with Crippen molar-refractivity contribution in [3.63, 3.8) is 0 Å². The van der Waals surface area contributed by atoms with Gasteiger partial charge in [0.2, 0.25) is 15.9 Å². The lowest BCUT2D eigenvalue weighted by Gasteiger charge is -2.53. The average molecular weight is 492 g/mol. The molecule has 2 saturated heterocycles. The van der Waals surface area contributed by atoms with Gasteiger partial charge in [-0.2, -0.15) is 0 Å². The lowest BCUT2D eigenvalue weighted by Crippen LogP contribution is -2.65.